The van der Waals surface area contributed by atoms with E-state index in [-0.39, 0.29) is 41.2 Å². The molecule has 1 aliphatic heterocycles. The van der Waals surface area contributed by atoms with Crippen molar-refractivity contribution in [3.8, 4) is 0 Å². The first-order chi connectivity index (χ1) is 19.5. The highest BCUT2D eigenvalue weighted by molar-refractivity contribution is 5.93. The minimum absolute atomic E-state index is 0.133. The van der Waals surface area contributed by atoms with Crippen LogP contribution in [-0.2, 0) is 16.0 Å². The van der Waals surface area contributed by atoms with E-state index in [0.717, 1.165) is 18.4 Å². The maximum atomic E-state index is 13.9. The molecule has 10 heteroatoms. The summed E-state index contributed by atoms with van der Waals surface area (Å²) in [5.41, 5.74) is 0.538. The monoisotopic (exact) mass is 564 g/mol. The van der Waals surface area contributed by atoms with Crippen LogP contribution in [0.3, 0.4) is 0 Å². The molecule has 0 unspecified atom stereocenters. The van der Waals surface area contributed by atoms with Crippen LogP contribution < -0.4 is 5.32 Å². The van der Waals surface area contributed by atoms with Crippen LogP contribution in [0.5, 0.6) is 0 Å². The van der Waals surface area contributed by atoms with E-state index in [1.807, 2.05) is 45.6 Å². The second kappa shape index (κ2) is 12.8. The summed E-state index contributed by atoms with van der Waals surface area (Å²) in [7, 11) is 0. The largest absolute Gasteiger partial charge is 0.344 e. The Morgan fingerprint density at radius 3 is 2.68 bits per heavy atom. The fourth-order valence-electron chi connectivity index (χ4n) is 5.18. The average molecular weight is 565 g/mol. The summed E-state index contributed by atoms with van der Waals surface area (Å²) < 4.78 is 15.6. The van der Waals surface area contributed by atoms with E-state index < -0.39 is 11.5 Å². The van der Waals surface area contributed by atoms with E-state index in [1.165, 1.54) is 12.1 Å². The molecule has 4 rings (SSSR count). The van der Waals surface area contributed by atoms with Gasteiger partial charge in [-0.05, 0) is 54.9 Å². The highest BCUT2D eigenvalue weighted by atomic mass is 19.1. The minimum Gasteiger partial charge on any atom is -0.344 e. The van der Waals surface area contributed by atoms with Crippen LogP contribution in [0, 0.1) is 17.2 Å². The average Bonchev–Trinajstić information content (AvgIpc) is 3.59. The van der Waals surface area contributed by atoms with Crippen molar-refractivity contribution in [2.24, 2.45) is 11.3 Å². The molecule has 3 aromatic rings. The molecule has 0 saturated carbocycles. The first kappa shape index (κ1) is 30.1. The third kappa shape index (κ3) is 7.28. The van der Waals surface area contributed by atoms with Crippen LogP contribution in [0.15, 0.2) is 48.9 Å². The molecule has 1 N–H and O–H groups in total. The number of likely N-dealkylation sites (tertiary alicyclic amines) is 1. The molecule has 3 atom stereocenters. The molecule has 9 nitrogen and oxygen atoms in total. The van der Waals surface area contributed by atoms with E-state index in [2.05, 4.69) is 15.3 Å². The lowest BCUT2D eigenvalue weighted by molar-refractivity contribution is -0.141. The van der Waals surface area contributed by atoms with Gasteiger partial charge in [0.15, 0.2) is 0 Å². The van der Waals surface area contributed by atoms with E-state index in [1.54, 1.807) is 40.0 Å². The molecule has 2 aromatic heterocycles. The van der Waals surface area contributed by atoms with E-state index in [4.69, 9.17) is 0 Å². The number of rotatable bonds is 10. The molecule has 220 valence electrons. The van der Waals surface area contributed by atoms with Crippen LogP contribution >= 0.6 is 0 Å². The van der Waals surface area contributed by atoms with Gasteiger partial charge < -0.3 is 15.1 Å². The smallest absolute Gasteiger partial charge is 0.274 e. The number of hydrogen-bond donors (Lipinski definition) is 1. The number of nitrogens with zero attached hydrogens (tertiary/aromatic N) is 5. The highest BCUT2D eigenvalue weighted by Crippen LogP contribution is 2.27. The van der Waals surface area contributed by atoms with E-state index >= 15 is 0 Å². The fraction of sp³-hybridized carbons (Fsp3) is 0.516. The van der Waals surface area contributed by atoms with Crippen molar-refractivity contribution in [1.82, 2.24) is 29.5 Å². The summed E-state index contributed by atoms with van der Waals surface area (Å²) in [5, 5.41) is 3.01. The van der Waals surface area contributed by atoms with Crippen LogP contribution in [0.2, 0.25) is 0 Å². The molecule has 0 bridgehead atoms. The van der Waals surface area contributed by atoms with Gasteiger partial charge in [-0.3, -0.25) is 18.8 Å². The normalized spacial score (nSPS) is 16.9. The molecule has 1 saturated heterocycles. The molecule has 41 heavy (non-hydrogen) atoms. The van der Waals surface area contributed by atoms with Crippen molar-refractivity contribution in [2.75, 3.05) is 19.6 Å². The Balaban J connectivity index is 1.57. The number of imidazole rings is 1. The lowest BCUT2D eigenvalue weighted by Crippen LogP contribution is -2.57. The van der Waals surface area contributed by atoms with Crippen LogP contribution in [0.4, 0.5) is 4.39 Å². The Morgan fingerprint density at radius 2 is 2.00 bits per heavy atom. The van der Waals surface area contributed by atoms with Gasteiger partial charge in [0.25, 0.3) is 5.91 Å². The van der Waals surface area contributed by atoms with Gasteiger partial charge in [0.1, 0.15) is 17.6 Å². The van der Waals surface area contributed by atoms with Crippen molar-refractivity contribution in [1.29, 1.82) is 0 Å². The van der Waals surface area contributed by atoms with Crippen molar-refractivity contribution in [3.05, 3.63) is 66.0 Å². The lowest BCUT2D eigenvalue weighted by Gasteiger charge is -2.37. The van der Waals surface area contributed by atoms with Crippen molar-refractivity contribution in [2.45, 2.75) is 72.4 Å². The fourth-order valence-corrected chi connectivity index (χ4v) is 5.18. The van der Waals surface area contributed by atoms with Crippen LogP contribution in [-0.4, -0.2) is 73.6 Å². The molecule has 0 aliphatic carbocycles. The summed E-state index contributed by atoms with van der Waals surface area (Å²) >= 11 is 0. The zero-order chi connectivity index (χ0) is 29.7. The van der Waals surface area contributed by atoms with Gasteiger partial charge >= 0.3 is 0 Å². The summed E-state index contributed by atoms with van der Waals surface area (Å²) in [5.74, 6) is -0.646. The Labute approximate surface area is 241 Å². The Morgan fingerprint density at radius 1 is 1.22 bits per heavy atom. The number of hydrogen-bond acceptors (Lipinski definition) is 5. The molecule has 0 radical (unpaired) electrons. The molecule has 3 amide bonds. The Kier molecular flexibility index (Phi) is 9.40. The SMILES string of the molecule is CC[C@@H](C)C(=O)N[C@H](C(=O)N1CCC[C@H]1CN(CCc1cccc(F)c1)C(=O)c1cn2cccnc2n1)C(C)(C)C. The molecule has 1 aliphatic rings. The quantitative estimate of drug-likeness (QED) is 0.399. The van der Waals surface area contributed by atoms with Gasteiger partial charge in [-0.2, -0.15) is 0 Å². The van der Waals surface area contributed by atoms with Gasteiger partial charge in [-0.1, -0.05) is 46.8 Å². The number of fused-ring (bicyclic) bond motifs is 1. The summed E-state index contributed by atoms with van der Waals surface area (Å²) in [6, 6.07) is 7.20. The summed E-state index contributed by atoms with van der Waals surface area (Å²) in [4.78, 5) is 52.7. The van der Waals surface area contributed by atoms with E-state index in [9.17, 15) is 18.8 Å². The lowest BCUT2D eigenvalue weighted by atomic mass is 9.85. The second-order valence-corrected chi connectivity index (χ2v) is 12.0. The predicted octanol–water partition coefficient (Wildman–Crippen LogP) is 4.12. The maximum absolute atomic E-state index is 13.9. The van der Waals surface area contributed by atoms with Gasteiger partial charge in [0.2, 0.25) is 17.6 Å². The molecule has 1 fully saturated rings. The van der Waals surface area contributed by atoms with Gasteiger partial charge in [0.05, 0.1) is 0 Å². The first-order valence-corrected chi connectivity index (χ1v) is 14.4. The van der Waals surface area contributed by atoms with Crippen LogP contribution in [0.1, 0.15) is 69.9 Å². The van der Waals surface area contributed by atoms with Crippen molar-refractivity contribution >= 4 is 23.5 Å². The summed E-state index contributed by atoms with van der Waals surface area (Å²) in [6.45, 7) is 10.8. The standard InChI is InChI=1S/C31H41FN6O3/c1-6-21(2)27(39)35-26(31(3,4)5)29(41)38-16-8-12-24(38)19-36(17-13-22-10-7-11-23(32)18-22)28(40)25-20-37-15-9-14-33-30(37)34-25/h7,9-11,14-15,18,20-21,24,26H,6,8,12-13,16-17,19H2,1-5H3,(H,35,39)/t21-,24+,26-/m1/s1. The number of carbonyl (C=O) groups excluding carboxylic acids is 3. The van der Waals surface area contributed by atoms with E-state index in [0.29, 0.717) is 38.3 Å². The number of amides is 3. The third-order valence-electron chi connectivity index (χ3n) is 7.85. The summed E-state index contributed by atoms with van der Waals surface area (Å²) in [6.07, 6.45) is 7.72. The second-order valence-electron chi connectivity index (χ2n) is 12.0. The number of nitrogens with one attached hydrogen (secondary N) is 1. The molecular weight excluding hydrogens is 523 g/mol. The number of carbonyl (C=O) groups is 3. The van der Waals surface area contributed by atoms with Crippen LogP contribution in [0.25, 0.3) is 5.78 Å². The molecule has 1 aromatic carbocycles. The van der Waals surface area contributed by atoms with Crippen molar-refractivity contribution < 1.29 is 18.8 Å². The highest BCUT2D eigenvalue weighted by Gasteiger charge is 2.41. The van der Waals surface area contributed by atoms with Gasteiger partial charge in [-0.15, -0.1) is 0 Å². The van der Waals surface area contributed by atoms with Crippen molar-refractivity contribution in [3.63, 3.8) is 0 Å². The minimum atomic E-state index is -0.689. The first-order valence-electron chi connectivity index (χ1n) is 14.4. The molecule has 0 spiro atoms. The molecular formula is C31H41FN6O3. The Bertz CT molecular complexity index is 1350. The molecule has 3 heterocycles. The predicted molar refractivity (Wildman–Crippen MR) is 155 cm³/mol. The van der Waals surface area contributed by atoms with Gasteiger partial charge in [-0.25, -0.2) is 14.4 Å². The number of aromatic nitrogens is 3. The number of halogens is 1. The Hall–Kier alpha value is -3.82. The zero-order valence-corrected chi connectivity index (χ0v) is 24.6. The van der Waals surface area contributed by atoms with Gasteiger partial charge in [0, 0.05) is 50.2 Å². The number of benzene rings is 1. The zero-order valence-electron chi connectivity index (χ0n) is 24.6. The third-order valence-corrected chi connectivity index (χ3v) is 7.85. The maximum Gasteiger partial charge on any atom is 0.274 e. The topological polar surface area (TPSA) is 99.9 Å².